The van der Waals surface area contributed by atoms with Gasteiger partial charge in [0.15, 0.2) is 6.29 Å². The molecule has 1 aliphatic heterocycles. The van der Waals surface area contributed by atoms with Crippen LogP contribution < -0.4 is 5.32 Å². The van der Waals surface area contributed by atoms with Gasteiger partial charge in [0, 0.05) is 46.5 Å². The Morgan fingerprint density at radius 2 is 1.52 bits per heavy atom. The van der Waals surface area contributed by atoms with E-state index < -0.39 is 6.29 Å². The third kappa shape index (κ3) is 9.39. The Morgan fingerprint density at radius 3 is 2.22 bits per heavy atom. The van der Waals surface area contributed by atoms with E-state index in [1.807, 2.05) is 54.6 Å². The molecule has 0 spiro atoms. The Labute approximate surface area is 272 Å². The van der Waals surface area contributed by atoms with Crippen LogP contribution in [0.3, 0.4) is 0 Å². The number of hydrogen-bond donors (Lipinski definition) is 1. The molecule has 1 N–H and O–H groups in total. The van der Waals surface area contributed by atoms with Crippen LogP contribution in [0, 0.1) is 11.8 Å². The van der Waals surface area contributed by atoms with Crippen molar-refractivity contribution in [2.75, 3.05) is 59.4 Å². The molecular weight excluding hydrogens is 582 g/mol. The second kappa shape index (κ2) is 16.7. The van der Waals surface area contributed by atoms with Crippen molar-refractivity contribution in [3.63, 3.8) is 0 Å². The largest absolute Gasteiger partial charge is 0.446 e. The zero-order chi connectivity index (χ0) is 32.3. The SMILES string of the molecule is COC(CN(C)C(=O)CCOCCc1ccc(CN2CC3CC(OC(=O)Nc4ccccc4-c4ccccc4)CC3C2)cc1)OC. The van der Waals surface area contributed by atoms with E-state index in [1.165, 1.54) is 11.1 Å². The second-order valence-corrected chi connectivity index (χ2v) is 12.4. The zero-order valence-electron chi connectivity index (χ0n) is 27.2. The first kappa shape index (κ1) is 33.6. The molecule has 2 aliphatic rings. The molecule has 1 heterocycles. The molecule has 1 saturated carbocycles. The molecule has 0 bridgehead atoms. The van der Waals surface area contributed by atoms with Crippen LogP contribution in [0.1, 0.15) is 30.4 Å². The molecular formula is C37H47N3O6. The molecule has 1 saturated heterocycles. The highest BCUT2D eigenvalue weighted by Gasteiger charge is 2.42. The van der Waals surface area contributed by atoms with E-state index >= 15 is 0 Å². The number of nitrogens with one attached hydrogen (secondary N) is 1. The van der Waals surface area contributed by atoms with Gasteiger partial charge < -0.3 is 23.8 Å². The molecule has 46 heavy (non-hydrogen) atoms. The van der Waals surface area contributed by atoms with E-state index in [2.05, 4.69) is 34.5 Å². The highest BCUT2D eigenvalue weighted by atomic mass is 16.7. The van der Waals surface area contributed by atoms with Crippen LogP contribution >= 0.6 is 0 Å². The van der Waals surface area contributed by atoms with Gasteiger partial charge in [0.1, 0.15) is 6.10 Å². The van der Waals surface area contributed by atoms with Crippen molar-refractivity contribution in [1.82, 2.24) is 9.80 Å². The van der Waals surface area contributed by atoms with Crippen molar-refractivity contribution in [3.05, 3.63) is 90.0 Å². The number of likely N-dealkylation sites (tertiary alicyclic amines) is 1. The predicted octanol–water partition coefficient (Wildman–Crippen LogP) is 5.84. The quantitative estimate of drug-likeness (QED) is 0.167. The van der Waals surface area contributed by atoms with Crippen molar-refractivity contribution in [1.29, 1.82) is 0 Å². The highest BCUT2D eigenvalue weighted by molar-refractivity contribution is 5.91. The predicted molar refractivity (Wildman–Crippen MR) is 178 cm³/mol. The Bertz CT molecular complexity index is 1380. The van der Waals surface area contributed by atoms with Crippen molar-refractivity contribution >= 4 is 17.7 Å². The van der Waals surface area contributed by atoms with Crippen molar-refractivity contribution in [2.24, 2.45) is 11.8 Å². The number of amides is 2. The van der Waals surface area contributed by atoms with Crippen LogP contribution in [0.5, 0.6) is 0 Å². The van der Waals surface area contributed by atoms with Gasteiger partial charge in [-0.1, -0.05) is 72.8 Å². The summed E-state index contributed by atoms with van der Waals surface area (Å²) < 4.78 is 21.9. The molecule has 0 radical (unpaired) electrons. The molecule has 0 aromatic heterocycles. The van der Waals surface area contributed by atoms with E-state index in [9.17, 15) is 9.59 Å². The normalized spacial score (nSPS) is 19.3. The van der Waals surface area contributed by atoms with Crippen LogP contribution in [0.2, 0.25) is 0 Å². The van der Waals surface area contributed by atoms with E-state index in [1.54, 1.807) is 26.2 Å². The number of likely N-dealkylation sites (N-methyl/N-ethyl adjacent to an activating group) is 1. The Balaban J connectivity index is 0.980. The number of nitrogens with zero attached hydrogens (tertiary/aromatic N) is 2. The molecule has 3 aromatic rings. The molecule has 9 heteroatoms. The lowest BCUT2D eigenvalue weighted by Crippen LogP contribution is -2.36. The lowest BCUT2D eigenvalue weighted by Gasteiger charge is -2.22. The summed E-state index contributed by atoms with van der Waals surface area (Å²) in [5.41, 5.74) is 5.32. The minimum atomic E-state index is -0.426. The van der Waals surface area contributed by atoms with Crippen LogP contribution in [0.15, 0.2) is 78.9 Å². The number of methoxy groups -OCH3 is 2. The number of hydrogen-bond acceptors (Lipinski definition) is 7. The molecule has 2 fully saturated rings. The van der Waals surface area contributed by atoms with Crippen LogP contribution in [0.25, 0.3) is 11.1 Å². The van der Waals surface area contributed by atoms with Gasteiger partial charge in [0.2, 0.25) is 5.91 Å². The summed E-state index contributed by atoms with van der Waals surface area (Å²) in [6, 6.07) is 26.6. The second-order valence-electron chi connectivity index (χ2n) is 12.4. The van der Waals surface area contributed by atoms with Crippen LogP contribution in [-0.4, -0.2) is 88.3 Å². The molecule has 5 rings (SSSR count). The summed E-state index contributed by atoms with van der Waals surface area (Å²) in [5.74, 6) is 1.11. The van der Waals surface area contributed by atoms with E-state index in [0.29, 0.717) is 38.0 Å². The monoisotopic (exact) mass is 629 g/mol. The van der Waals surface area contributed by atoms with Gasteiger partial charge in [-0.2, -0.15) is 0 Å². The maximum Gasteiger partial charge on any atom is 0.411 e. The highest BCUT2D eigenvalue weighted by Crippen LogP contribution is 2.40. The summed E-state index contributed by atoms with van der Waals surface area (Å²) in [4.78, 5) is 29.2. The van der Waals surface area contributed by atoms with Crippen LogP contribution in [0.4, 0.5) is 10.5 Å². The summed E-state index contributed by atoms with van der Waals surface area (Å²) in [6.45, 7) is 4.34. The smallest absolute Gasteiger partial charge is 0.411 e. The Kier molecular flexibility index (Phi) is 12.2. The van der Waals surface area contributed by atoms with Crippen molar-refractivity contribution in [3.8, 4) is 11.1 Å². The Morgan fingerprint density at radius 1 is 0.870 bits per heavy atom. The number of para-hydroxylation sites is 1. The van der Waals surface area contributed by atoms with Gasteiger partial charge in [0.25, 0.3) is 0 Å². The van der Waals surface area contributed by atoms with E-state index in [0.717, 1.165) is 55.7 Å². The summed E-state index contributed by atoms with van der Waals surface area (Å²) >= 11 is 0. The summed E-state index contributed by atoms with van der Waals surface area (Å²) in [6.07, 6.45) is 2.12. The fraction of sp³-hybridized carbons (Fsp3) is 0.459. The van der Waals surface area contributed by atoms with Gasteiger partial charge >= 0.3 is 6.09 Å². The average Bonchev–Trinajstić information content (AvgIpc) is 3.62. The molecule has 2 unspecified atom stereocenters. The maximum atomic E-state index is 12.8. The maximum absolute atomic E-state index is 12.8. The van der Waals surface area contributed by atoms with Gasteiger partial charge in [-0.25, -0.2) is 4.79 Å². The molecule has 1 aliphatic carbocycles. The standard InChI is InChI=1S/C37H47N3O6/c1-39(26-36(43-2)44-3)35(41)18-20-45-19-17-27-13-15-28(16-14-27)23-40-24-30-21-32(22-31(30)25-40)46-37(42)38-34-12-8-7-11-33(34)29-9-5-4-6-10-29/h4-16,30-32,36H,17-26H2,1-3H3,(H,38,42). The van der Waals surface area contributed by atoms with Gasteiger partial charge in [-0.15, -0.1) is 0 Å². The van der Waals surface area contributed by atoms with Crippen LogP contribution in [-0.2, 0) is 36.7 Å². The minimum absolute atomic E-state index is 0.00346. The van der Waals surface area contributed by atoms with Gasteiger partial charge in [-0.3, -0.25) is 15.0 Å². The van der Waals surface area contributed by atoms with Crippen molar-refractivity contribution < 1.29 is 28.5 Å². The minimum Gasteiger partial charge on any atom is -0.446 e. The number of ether oxygens (including phenoxy) is 4. The molecule has 246 valence electrons. The number of carbonyl (C=O) groups is 2. The average molecular weight is 630 g/mol. The topological polar surface area (TPSA) is 89.6 Å². The van der Waals surface area contributed by atoms with E-state index in [4.69, 9.17) is 18.9 Å². The molecule has 2 atom stereocenters. The summed E-state index contributed by atoms with van der Waals surface area (Å²) in [5, 5.41) is 2.98. The first-order chi connectivity index (χ1) is 22.4. The molecule has 2 amide bonds. The lowest BCUT2D eigenvalue weighted by molar-refractivity contribution is -0.143. The number of carbonyl (C=O) groups excluding carboxylic acids is 2. The van der Waals surface area contributed by atoms with Crippen molar-refractivity contribution in [2.45, 2.75) is 44.6 Å². The lowest BCUT2D eigenvalue weighted by atomic mass is 10.0. The third-order valence-corrected chi connectivity index (χ3v) is 9.10. The first-order valence-corrected chi connectivity index (χ1v) is 16.2. The first-order valence-electron chi connectivity index (χ1n) is 16.2. The summed E-state index contributed by atoms with van der Waals surface area (Å²) in [7, 11) is 4.86. The van der Waals surface area contributed by atoms with Gasteiger partial charge in [0.05, 0.1) is 31.9 Å². The number of fused-ring (bicyclic) bond motifs is 1. The molecule has 3 aromatic carbocycles. The number of rotatable bonds is 15. The van der Waals surface area contributed by atoms with Gasteiger partial charge in [-0.05, 0) is 53.9 Å². The molecule has 9 nitrogen and oxygen atoms in total. The number of anilines is 1. The fourth-order valence-electron chi connectivity index (χ4n) is 6.60. The fourth-order valence-corrected chi connectivity index (χ4v) is 6.60. The Hall–Kier alpha value is -3.76. The third-order valence-electron chi connectivity index (χ3n) is 9.10. The zero-order valence-corrected chi connectivity index (χ0v) is 27.2. The number of benzene rings is 3. The van der Waals surface area contributed by atoms with E-state index in [-0.39, 0.29) is 18.1 Å².